The van der Waals surface area contributed by atoms with E-state index in [1.165, 1.54) is 12.5 Å². The van der Waals surface area contributed by atoms with Crippen molar-refractivity contribution in [3.8, 4) is 0 Å². The van der Waals surface area contributed by atoms with Gasteiger partial charge in [-0.1, -0.05) is 19.9 Å². The van der Waals surface area contributed by atoms with Crippen molar-refractivity contribution in [2.45, 2.75) is 39.7 Å². The number of fused-ring (bicyclic) bond motifs is 2. The number of ether oxygens (including phenoxy) is 2. The minimum atomic E-state index is -0.293. The lowest BCUT2D eigenvalue weighted by molar-refractivity contribution is -0.151. The summed E-state index contributed by atoms with van der Waals surface area (Å²) in [7, 11) is 0. The van der Waals surface area contributed by atoms with E-state index in [4.69, 9.17) is 9.47 Å². The molecule has 0 saturated carbocycles. The summed E-state index contributed by atoms with van der Waals surface area (Å²) in [6.07, 6.45) is 6.98. The van der Waals surface area contributed by atoms with Crippen molar-refractivity contribution >= 4 is 11.9 Å². The van der Waals surface area contributed by atoms with Crippen molar-refractivity contribution < 1.29 is 19.1 Å². The van der Waals surface area contributed by atoms with Crippen LogP contribution in [0, 0.1) is 11.3 Å². The van der Waals surface area contributed by atoms with Crippen LogP contribution in [0.1, 0.15) is 33.6 Å². The molecule has 4 heteroatoms. The Kier molecular flexibility index (Phi) is 2.85. The summed E-state index contributed by atoms with van der Waals surface area (Å²) in [5.74, 6) is 0.337. The highest BCUT2D eigenvalue weighted by atomic mass is 16.5. The van der Waals surface area contributed by atoms with Gasteiger partial charge in [0.15, 0.2) is 0 Å². The van der Waals surface area contributed by atoms with Crippen molar-refractivity contribution in [3.63, 3.8) is 0 Å². The van der Waals surface area contributed by atoms with Crippen molar-refractivity contribution in [1.29, 1.82) is 0 Å². The zero-order valence-corrected chi connectivity index (χ0v) is 11.9. The van der Waals surface area contributed by atoms with Crippen LogP contribution in [0.4, 0.5) is 0 Å². The molecule has 0 N–H and O–H groups in total. The molecule has 0 bridgehead atoms. The maximum atomic E-state index is 11.4. The maximum Gasteiger partial charge on any atom is 0.336 e. The highest BCUT2D eigenvalue weighted by Gasteiger charge is 2.46. The molecule has 0 radical (unpaired) electrons. The van der Waals surface area contributed by atoms with Crippen LogP contribution in [0.3, 0.4) is 0 Å². The Hall–Kier alpha value is -1.84. The summed E-state index contributed by atoms with van der Waals surface area (Å²) >= 11 is 0. The van der Waals surface area contributed by atoms with E-state index in [1.807, 2.05) is 6.08 Å². The van der Waals surface area contributed by atoms with Crippen LogP contribution < -0.4 is 0 Å². The van der Waals surface area contributed by atoms with Gasteiger partial charge in [0.1, 0.15) is 11.9 Å². The highest BCUT2D eigenvalue weighted by Crippen LogP contribution is 2.52. The third-order valence-electron chi connectivity index (χ3n) is 4.77. The van der Waals surface area contributed by atoms with Gasteiger partial charge in [-0.25, -0.2) is 4.79 Å². The number of carbonyl (C=O) groups is 2. The Labute approximate surface area is 118 Å². The van der Waals surface area contributed by atoms with Crippen LogP contribution in [-0.4, -0.2) is 18.0 Å². The van der Waals surface area contributed by atoms with Crippen LogP contribution in [0.2, 0.25) is 0 Å². The zero-order valence-electron chi connectivity index (χ0n) is 11.9. The maximum absolute atomic E-state index is 11.4. The molecule has 0 saturated heterocycles. The number of hydrogen-bond donors (Lipinski definition) is 0. The third-order valence-corrected chi connectivity index (χ3v) is 4.77. The van der Waals surface area contributed by atoms with Gasteiger partial charge in [0.05, 0.1) is 0 Å². The first-order chi connectivity index (χ1) is 9.40. The molecule has 0 amide bonds. The average Bonchev–Trinajstić information content (AvgIpc) is 2.70. The van der Waals surface area contributed by atoms with Gasteiger partial charge in [0, 0.05) is 36.3 Å². The van der Waals surface area contributed by atoms with Crippen molar-refractivity contribution in [1.82, 2.24) is 0 Å². The van der Waals surface area contributed by atoms with Crippen molar-refractivity contribution in [3.05, 3.63) is 35.1 Å². The lowest BCUT2D eigenvalue weighted by atomic mass is 9.60. The van der Waals surface area contributed by atoms with Crippen LogP contribution in [0.15, 0.2) is 35.1 Å². The van der Waals surface area contributed by atoms with E-state index in [-0.39, 0.29) is 29.4 Å². The van der Waals surface area contributed by atoms with Crippen molar-refractivity contribution in [2.24, 2.45) is 11.3 Å². The fourth-order valence-electron chi connectivity index (χ4n) is 3.42. The van der Waals surface area contributed by atoms with Gasteiger partial charge >= 0.3 is 11.9 Å². The molecule has 0 aromatic heterocycles. The number of rotatable bonds is 1. The van der Waals surface area contributed by atoms with Crippen LogP contribution in [-0.2, 0) is 19.1 Å². The molecule has 0 aromatic carbocycles. The Morgan fingerprint density at radius 3 is 2.90 bits per heavy atom. The van der Waals surface area contributed by atoms with Gasteiger partial charge in [0.25, 0.3) is 0 Å². The predicted octanol–water partition coefficient (Wildman–Crippen LogP) is 2.66. The second-order valence-corrected chi connectivity index (χ2v) is 6.03. The molecule has 1 heterocycles. The lowest BCUT2D eigenvalue weighted by Gasteiger charge is -2.45. The van der Waals surface area contributed by atoms with Gasteiger partial charge in [-0.2, -0.15) is 0 Å². The Morgan fingerprint density at radius 1 is 1.45 bits per heavy atom. The molecule has 20 heavy (non-hydrogen) atoms. The molecule has 0 fully saturated rings. The fraction of sp³-hybridized carbons (Fsp3) is 0.500. The van der Waals surface area contributed by atoms with E-state index in [1.54, 1.807) is 6.08 Å². The molecule has 3 atom stereocenters. The summed E-state index contributed by atoms with van der Waals surface area (Å²) in [6, 6.07) is 0. The predicted molar refractivity (Wildman–Crippen MR) is 72.4 cm³/mol. The summed E-state index contributed by atoms with van der Waals surface area (Å²) in [6.45, 7) is 5.72. The molecular weight excluding hydrogens is 256 g/mol. The number of carbonyl (C=O) groups excluding carboxylic acids is 2. The van der Waals surface area contributed by atoms with E-state index in [9.17, 15) is 9.59 Å². The molecular formula is C16H18O4. The molecule has 2 aliphatic carbocycles. The lowest BCUT2D eigenvalue weighted by Crippen LogP contribution is -2.42. The standard InChI is InChI=1S/C16H18O4/c1-9-13(19-10(2)17)5-4-12-7-14-11(6-15(18)20-14)8-16(9,12)3/h4,6-7,9,13H,5,8H2,1-3H3/t9-,13-,16+/m0/s1. The molecule has 0 unspecified atom stereocenters. The fourth-order valence-corrected chi connectivity index (χ4v) is 3.42. The van der Waals surface area contributed by atoms with E-state index >= 15 is 0 Å². The monoisotopic (exact) mass is 274 g/mol. The second-order valence-electron chi connectivity index (χ2n) is 6.03. The quantitative estimate of drug-likeness (QED) is 0.690. The summed E-state index contributed by atoms with van der Waals surface area (Å²) in [5, 5.41) is 0. The first-order valence-electron chi connectivity index (χ1n) is 6.92. The Bertz CT molecular complexity index is 581. The van der Waals surface area contributed by atoms with E-state index in [2.05, 4.69) is 19.9 Å². The number of hydrogen-bond acceptors (Lipinski definition) is 4. The van der Waals surface area contributed by atoms with Crippen molar-refractivity contribution in [2.75, 3.05) is 0 Å². The molecule has 3 aliphatic rings. The largest absolute Gasteiger partial charge is 0.462 e. The highest BCUT2D eigenvalue weighted by molar-refractivity contribution is 5.89. The van der Waals surface area contributed by atoms with Crippen LogP contribution in [0.25, 0.3) is 0 Å². The zero-order chi connectivity index (χ0) is 14.5. The first kappa shape index (κ1) is 13.2. The van der Waals surface area contributed by atoms with Gasteiger partial charge in [-0.15, -0.1) is 0 Å². The van der Waals surface area contributed by atoms with E-state index in [0.717, 1.165) is 12.0 Å². The van der Waals surface area contributed by atoms with Gasteiger partial charge in [-0.05, 0) is 18.1 Å². The molecule has 1 aliphatic heterocycles. The molecule has 0 aromatic rings. The number of esters is 2. The van der Waals surface area contributed by atoms with Crippen LogP contribution in [0.5, 0.6) is 0 Å². The minimum absolute atomic E-state index is 0.102. The summed E-state index contributed by atoms with van der Waals surface area (Å²) in [4.78, 5) is 22.6. The minimum Gasteiger partial charge on any atom is -0.462 e. The Morgan fingerprint density at radius 2 is 2.20 bits per heavy atom. The summed E-state index contributed by atoms with van der Waals surface area (Å²) in [5.41, 5.74) is 2.00. The van der Waals surface area contributed by atoms with Crippen LogP contribution >= 0.6 is 0 Å². The first-order valence-corrected chi connectivity index (χ1v) is 6.92. The number of allylic oxidation sites excluding steroid dienone is 3. The Balaban J connectivity index is 1.96. The summed E-state index contributed by atoms with van der Waals surface area (Å²) < 4.78 is 10.6. The van der Waals surface area contributed by atoms with E-state index in [0.29, 0.717) is 12.2 Å². The van der Waals surface area contributed by atoms with Gasteiger partial charge in [-0.3, -0.25) is 4.79 Å². The SMILES string of the molecule is CC(=O)O[C@H]1CC=C2C=C3OC(=O)C=C3C[C@]2(C)[C@H]1C. The smallest absolute Gasteiger partial charge is 0.336 e. The topological polar surface area (TPSA) is 52.6 Å². The molecule has 0 spiro atoms. The third kappa shape index (κ3) is 1.90. The molecule has 106 valence electrons. The average molecular weight is 274 g/mol. The van der Waals surface area contributed by atoms with E-state index < -0.39 is 0 Å². The molecule has 4 nitrogen and oxygen atoms in total. The normalized spacial score (nSPS) is 35.1. The van der Waals surface area contributed by atoms with Gasteiger partial charge in [0.2, 0.25) is 0 Å². The van der Waals surface area contributed by atoms with Gasteiger partial charge < -0.3 is 9.47 Å². The second kappa shape index (κ2) is 4.33. The molecule has 3 rings (SSSR count).